The normalized spacial score (nSPS) is 22.5. The van der Waals surface area contributed by atoms with Crippen LogP contribution in [0, 0.1) is 5.82 Å². The number of nitrogens with zero attached hydrogens (tertiary/aromatic N) is 4. The monoisotopic (exact) mass is 621 g/mol. The summed E-state index contributed by atoms with van der Waals surface area (Å²) in [5.41, 5.74) is 7.78. The number of nitrogen functional groups attached to an aromatic ring is 1. The third-order valence-electron chi connectivity index (χ3n) is 7.91. The minimum Gasteiger partial charge on any atom is -0.375 e. The van der Waals surface area contributed by atoms with Gasteiger partial charge in [0.25, 0.3) is 0 Å². The molecule has 10 nitrogen and oxygen atoms in total. The maximum absolute atomic E-state index is 14.7. The van der Waals surface area contributed by atoms with Gasteiger partial charge in [-0.05, 0) is 37.5 Å². The van der Waals surface area contributed by atoms with Gasteiger partial charge in [0.2, 0.25) is 10.0 Å². The van der Waals surface area contributed by atoms with Gasteiger partial charge in [-0.25, -0.2) is 27.7 Å². The fourth-order valence-corrected chi connectivity index (χ4v) is 9.34. The van der Waals surface area contributed by atoms with Crippen LogP contribution in [0.4, 0.5) is 15.3 Å². The van der Waals surface area contributed by atoms with Gasteiger partial charge in [-0.3, -0.25) is 4.57 Å². The highest BCUT2D eigenvalue weighted by atomic mass is 35.5. The summed E-state index contributed by atoms with van der Waals surface area (Å²) in [6.45, 7) is 1.44. The number of thiazole rings is 1. The number of anilines is 2. The van der Waals surface area contributed by atoms with Crippen molar-refractivity contribution in [1.82, 2.24) is 19.9 Å². The van der Waals surface area contributed by atoms with Gasteiger partial charge in [-0.2, -0.15) is 4.98 Å². The predicted molar refractivity (Wildman–Crippen MR) is 159 cm³/mol. The Morgan fingerprint density at radius 1 is 1.20 bits per heavy atom. The Kier molecular flexibility index (Phi) is 6.29. The molecule has 5 heterocycles. The molecule has 0 radical (unpaired) electrons. The molecule has 3 aliphatic heterocycles. The first-order valence-corrected chi connectivity index (χ1v) is 16.7. The van der Waals surface area contributed by atoms with Gasteiger partial charge in [0.1, 0.15) is 11.6 Å². The highest BCUT2D eigenvalue weighted by Gasteiger charge is 2.36. The van der Waals surface area contributed by atoms with Crippen LogP contribution in [0.5, 0.6) is 0 Å². The standard InChI is InChI=1S/C25H25ClFN7O3S3/c26-16-7-15-20-22(18(16)14-3-4-17(27)21-19(14)31-24(28)39-21)38-10-13(5-6-40(29,36)37)34(20)25(35)32-23(15)33-8-11-1-2-12(9-33)30-11/h3-4,7,11-13,30H,1-2,5-6,8-10H2,(H2,28,31)(H2,29,36,37)/t11?,12?,13-/m0/s1. The van der Waals surface area contributed by atoms with Gasteiger partial charge >= 0.3 is 5.69 Å². The lowest BCUT2D eigenvalue weighted by molar-refractivity contribution is 0.462. The molecule has 2 fully saturated rings. The summed E-state index contributed by atoms with van der Waals surface area (Å²) < 4.78 is 40.2. The SMILES string of the molecule is Nc1nc2c(-c3c(Cl)cc4c(N5CC6CCC(C5)N6)nc(=O)n5c4c3SC[C@@H]5CCS(N)(=O)=O)ccc(F)c2s1. The van der Waals surface area contributed by atoms with Crippen molar-refractivity contribution < 1.29 is 12.8 Å². The van der Waals surface area contributed by atoms with E-state index in [0.29, 0.717) is 60.9 Å². The molecule has 2 aromatic heterocycles. The molecule has 4 aromatic rings. The van der Waals surface area contributed by atoms with Crippen molar-refractivity contribution in [3.8, 4) is 11.1 Å². The van der Waals surface area contributed by atoms with Crippen molar-refractivity contribution >= 4 is 76.8 Å². The Labute approximate surface area is 241 Å². The molecule has 3 atom stereocenters. The van der Waals surface area contributed by atoms with Crippen molar-refractivity contribution in [3.05, 3.63) is 39.5 Å². The molecule has 2 saturated heterocycles. The number of hydrogen-bond acceptors (Lipinski definition) is 10. The van der Waals surface area contributed by atoms with Crippen molar-refractivity contribution in [1.29, 1.82) is 0 Å². The molecule has 7 rings (SSSR count). The minimum absolute atomic E-state index is 0.167. The molecule has 2 aromatic carbocycles. The zero-order valence-electron chi connectivity index (χ0n) is 21.1. The quantitative estimate of drug-likeness (QED) is 0.305. The number of benzene rings is 2. The van der Waals surface area contributed by atoms with Crippen molar-refractivity contribution in [2.24, 2.45) is 5.14 Å². The van der Waals surface area contributed by atoms with Gasteiger partial charge < -0.3 is 16.0 Å². The second-order valence-electron chi connectivity index (χ2n) is 10.5. The summed E-state index contributed by atoms with van der Waals surface area (Å²) in [6.07, 6.45) is 2.30. The summed E-state index contributed by atoms with van der Waals surface area (Å²) in [5.74, 6) is 0.291. The maximum Gasteiger partial charge on any atom is 0.350 e. The Bertz CT molecular complexity index is 1870. The summed E-state index contributed by atoms with van der Waals surface area (Å²) in [5, 5.41) is 10.3. The van der Waals surface area contributed by atoms with Crippen LogP contribution in [0.2, 0.25) is 5.02 Å². The summed E-state index contributed by atoms with van der Waals surface area (Å²) in [6, 6.07) is 5.01. The summed E-state index contributed by atoms with van der Waals surface area (Å²) in [7, 11) is -3.73. The molecular formula is C25H25ClFN7O3S3. The molecule has 5 N–H and O–H groups in total. The molecule has 0 amide bonds. The van der Waals surface area contributed by atoms with E-state index in [9.17, 15) is 17.6 Å². The lowest BCUT2D eigenvalue weighted by atomic mass is 10.0. The molecule has 2 bridgehead atoms. The smallest absolute Gasteiger partial charge is 0.350 e. The average molecular weight is 622 g/mol. The lowest BCUT2D eigenvalue weighted by Crippen LogP contribution is -2.52. The molecular weight excluding hydrogens is 597 g/mol. The van der Waals surface area contributed by atoms with Crippen LogP contribution in [-0.2, 0) is 10.0 Å². The Morgan fingerprint density at radius 3 is 2.67 bits per heavy atom. The number of nitrogens with two attached hydrogens (primary N) is 2. The Balaban J connectivity index is 1.50. The summed E-state index contributed by atoms with van der Waals surface area (Å²) >= 11 is 9.57. The lowest BCUT2D eigenvalue weighted by Gasteiger charge is -2.36. The molecule has 2 unspecified atom stereocenters. The number of primary sulfonamides is 1. The largest absolute Gasteiger partial charge is 0.375 e. The first kappa shape index (κ1) is 26.4. The third kappa shape index (κ3) is 4.36. The van der Waals surface area contributed by atoms with Crippen LogP contribution in [0.25, 0.3) is 32.2 Å². The van der Waals surface area contributed by atoms with E-state index in [1.54, 1.807) is 10.6 Å². The second-order valence-corrected chi connectivity index (χ2v) is 14.7. The van der Waals surface area contributed by atoms with E-state index >= 15 is 0 Å². The van der Waals surface area contributed by atoms with E-state index in [1.807, 2.05) is 6.07 Å². The van der Waals surface area contributed by atoms with E-state index in [0.717, 1.165) is 42.2 Å². The van der Waals surface area contributed by atoms with E-state index in [2.05, 4.69) is 20.2 Å². The number of halogens is 2. The molecule has 0 aliphatic carbocycles. The Hall–Kier alpha value is -2.49. The van der Waals surface area contributed by atoms with Crippen LogP contribution >= 0.6 is 34.7 Å². The van der Waals surface area contributed by atoms with Crippen LogP contribution in [-0.4, -0.2) is 59.6 Å². The number of thioether (sulfide) groups is 1. The third-order valence-corrected chi connectivity index (χ3v) is 11.1. The second kappa shape index (κ2) is 9.53. The summed E-state index contributed by atoms with van der Waals surface area (Å²) in [4.78, 5) is 25.6. The van der Waals surface area contributed by atoms with Crippen molar-refractivity contribution in [2.45, 2.75) is 42.3 Å². The van der Waals surface area contributed by atoms with Crippen molar-refractivity contribution in [3.63, 3.8) is 0 Å². The van der Waals surface area contributed by atoms with Crippen LogP contribution in [0.3, 0.4) is 0 Å². The molecule has 0 saturated carbocycles. The number of nitrogens with one attached hydrogen (secondary N) is 1. The van der Waals surface area contributed by atoms with Crippen LogP contribution in [0.15, 0.2) is 27.9 Å². The van der Waals surface area contributed by atoms with Gasteiger partial charge in [0, 0.05) is 58.4 Å². The van der Waals surface area contributed by atoms with Gasteiger partial charge in [-0.15, -0.1) is 11.8 Å². The van der Waals surface area contributed by atoms with Gasteiger partial charge in [0.05, 0.1) is 26.5 Å². The fourth-order valence-electron chi connectivity index (χ4n) is 6.23. The average Bonchev–Trinajstić information content (AvgIpc) is 3.46. The first-order valence-electron chi connectivity index (χ1n) is 12.9. The molecule has 15 heteroatoms. The molecule has 3 aliphatic rings. The van der Waals surface area contributed by atoms with Crippen molar-refractivity contribution in [2.75, 3.05) is 35.2 Å². The maximum atomic E-state index is 14.7. The van der Waals surface area contributed by atoms with E-state index in [-0.39, 0.29) is 17.3 Å². The van der Waals surface area contributed by atoms with E-state index in [4.69, 9.17) is 22.5 Å². The topological polar surface area (TPSA) is 149 Å². The fraction of sp³-hybridized carbons (Fsp3) is 0.400. The number of piperazine rings is 1. The van der Waals surface area contributed by atoms with E-state index in [1.165, 1.54) is 17.8 Å². The van der Waals surface area contributed by atoms with E-state index < -0.39 is 27.6 Å². The zero-order chi connectivity index (χ0) is 27.9. The number of aromatic nitrogens is 3. The minimum atomic E-state index is -3.73. The molecule has 40 heavy (non-hydrogen) atoms. The zero-order valence-corrected chi connectivity index (χ0v) is 24.3. The number of rotatable bonds is 5. The molecule has 210 valence electrons. The number of sulfonamides is 1. The van der Waals surface area contributed by atoms with Crippen LogP contribution < -0.4 is 26.8 Å². The Morgan fingerprint density at radius 2 is 1.95 bits per heavy atom. The van der Waals surface area contributed by atoms with Crippen LogP contribution in [0.1, 0.15) is 25.3 Å². The van der Waals surface area contributed by atoms with Gasteiger partial charge in [0.15, 0.2) is 5.13 Å². The molecule has 0 spiro atoms. The highest BCUT2D eigenvalue weighted by molar-refractivity contribution is 7.99. The highest BCUT2D eigenvalue weighted by Crippen LogP contribution is 2.49. The number of fused-ring (bicyclic) bond motifs is 3. The van der Waals surface area contributed by atoms with Gasteiger partial charge in [-0.1, -0.05) is 22.9 Å². The predicted octanol–water partition coefficient (Wildman–Crippen LogP) is 3.31. The number of hydrogen-bond donors (Lipinski definition) is 3. The first-order chi connectivity index (χ1) is 19.1.